The lowest BCUT2D eigenvalue weighted by Gasteiger charge is -2.34. The smallest absolute Gasteiger partial charge is 0.0991 e. The maximum Gasteiger partial charge on any atom is 0.0991 e. The Balaban J connectivity index is 1.76. The number of nitriles is 1. The van der Waals surface area contributed by atoms with Gasteiger partial charge in [0, 0.05) is 32.7 Å². The average Bonchev–Trinajstić information content (AvgIpc) is 2.48. The Labute approximate surface area is 126 Å². The first kappa shape index (κ1) is 15.9. The molecule has 1 aromatic carbocycles. The highest BCUT2D eigenvalue weighted by Gasteiger charge is 2.24. The van der Waals surface area contributed by atoms with Crippen molar-refractivity contribution in [3.8, 4) is 6.07 Å². The van der Waals surface area contributed by atoms with Gasteiger partial charge in [0.25, 0.3) is 0 Å². The quantitative estimate of drug-likeness (QED) is 0.808. The molecule has 2 N–H and O–H groups in total. The summed E-state index contributed by atoms with van der Waals surface area (Å²) in [5, 5.41) is 22.6. The molecule has 1 aromatic rings. The standard InChI is InChI=1S/C16H23N3O2/c1-16(20,13-19-5-7-21-8-6-19)12-18-11-15-4-2-3-14(9-15)10-17/h2-4,9,18,20H,5-8,11-13H2,1H3. The lowest BCUT2D eigenvalue weighted by atomic mass is 10.1. The van der Waals surface area contributed by atoms with Crippen molar-refractivity contribution in [1.29, 1.82) is 5.26 Å². The molecule has 0 amide bonds. The second-order valence-corrected chi connectivity index (χ2v) is 5.80. The van der Waals surface area contributed by atoms with Crippen molar-refractivity contribution in [2.45, 2.75) is 19.1 Å². The summed E-state index contributed by atoms with van der Waals surface area (Å²) < 4.78 is 5.31. The number of nitrogens with zero attached hydrogens (tertiary/aromatic N) is 2. The van der Waals surface area contributed by atoms with Gasteiger partial charge in [0.1, 0.15) is 0 Å². The second kappa shape index (κ2) is 7.53. The van der Waals surface area contributed by atoms with Gasteiger partial charge in [-0.1, -0.05) is 12.1 Å². The Morgan fingerprint density at radius 1 is 1.43 bits per heavy atom. The third kappa shape index (κ3) is 5.44. The van der Waals surface area contributed by atoms with Crippen molar-refractivity contribution < 1.29 is 9.84 Å². The van der Waals surface area contributed by atoms with Gasteiger partial charge in [-0.3, -0.25) is 4.90 Å². The number of morpholine rings is 1. The molecule has 0 radical (unpaired) electrons. The zero-order valence-electron chi connectivity index (χ0n) is 12.5. The molecule has 0 saturated carbocycles. The monoisotopic (exact) mass is 289 g/mol. The molecule has 0 aromatic heterocycles. The van der Waals surface area contributed by atoms with Crippen molar-refractivity contribution in [3.05, 3.63) is 35.4 Å². The van der Waals surface area contributed by atoms with E-state index in [9.17, 15) is 5.11 Å². The van der Waals surface area contributed by atoms with E-state index >= 15 is 0 Å². The molecule has 1 saturated heterocycles. The molecule has 1 heterocycles. The molecular formula is C16H23N3O2. The Kier molecular flexibility index (Phi) is 5.71. The first-order valence-corrected chi connectivity index (χ1v) is 7.31. The van der Waals surface area contributed by atoms with E-state index in [0.717, 1.165) is 31.9 Å². The largest absolute Gasteiger partial charge is 0.388 e. The zero-order chi connectivity index (χ0) is 15.1. The van der Waals surface area contributed by atoms with E-state index in [1.54, 1.807) is 6.07 Å². The number of aliphatic hydroxyl groups is 1. The minimum Gasteiger partial charge on any atom is -0.388 e. The summed E-state index contributed by atoms with van der Waals surface area (Å²) >= 11 is 0. The number of benzene rings is 1. The van der Waals surface area contributed by atoms with Crippen LogP contribution < -0.4 is 5.32 Å². The second-order valence-electron chi connectivity index (χ2n) is 5.80. The van der Waals surface area contributed by atoms with E-state index in [4.69, 9.17) is 10.00 Å². The van der Waals surface area contributed by atoms with Gasteiger partial charge >= 0.3 is 0 Å². The summed E-state index contributed by atoms with van der Waals surface area (Å²) in [7, 11) is 0. The fraction of sp³-hybridized carbons (Fsp3) is 0.562. The predicted molar refractivity (Wildman–Crippen MR) is 80.7 cm³/mol. The molecule has 1 fully saturated rings. The third-order valence-electron chi connectivity index (χ3n) is 3.56. The van der Waals surface area contributed by atoms with E-state index < -0.39 is 5.60 Å². The van der Waals surface area contributed by atoms with Crippen LogP contribution >= 0.6 is 0 Å². The van der Waals surface area contributed by atoms with Gasteiger partial charge in [0.05, 0.1) is 30.4 Å². The van der Waals surface area contributed by atoms with Crippen molar-refractivity contribution in [1.82, 2.24) is 10.2 Å². The minimum atomic E-state index is -0.774. The Hall–Kier alpha value is -1.45. The molecule has 21 heavy (non-hydrogen) atoms. The number of hydrogen-bond donors (Lipinski definition) is 2. The van der Waals surface area contributed by atoms with Crippen LogP contribution in [0.4, 0.5) is 0 Å². The molecule has 1 aliphatic rings. The minimum absolute atomic E-state index is 0.515. The van der Waals surface area contributed by atoms with Crippen LogP contribution in [-0.4, -0.2) is 55.0 Å². The molecule has 0 spiro atoms. The van der Waals surface area contributed by atoms with Crippen molar-refractivity contribution in [2.75, 3.05) is 39.4 Å². The predicted octanol–water partition coefficient (Wildman–Crippen LogP) is 0.731. The summed E-state index contributed by atoms with van der Waals surface area (Å²) in [4.78, 5) is 2.22. The normalized spacial score (nSPS) is 18.9. The van der Waals surface area contributed by atoms with Crippen LogP contribution in [0, 0.1) is 11.3 Å². The van der Waals surface area contributed by atoms with Gasteiger partial charge in [0.15, 0.2) is 0 Å². The SMILES string of the molecule is CC(O)(CNCc1cccc(C#N)c1)CN1CCOCC1. The van der Waals surface area contributed by atoms with Crippen molar-refractivity contribution in [2.24, 2.45) is 0 Å². The number of hydrogen-bond acceptors (Lipinski definition) is 5. The molecular weight excluding hydrogens is 266 g/mol. The van der Waals surface area contributed by atoms with Crippen LogP contribution in [-0.2, 0) is 11.3 Å². The Bertz CT molecular complexity index is 491. The van der Waals surface area contributed by atoms with Crippen LogP contribution in [0.3, 0.4) is 0 Å². The number of β-amino-alcohol motifs (C(OH)–C–C–N with tert-alkyl or cyclic N) is 1. The summed E-state index contributed by atoms with van der Waals surface area (Å²) in [6.07, 6.45) is 0. The van der Waals surface area contributed by atoms with Crippen LogP contribution in [0.25, 0.3) is 0 Å². The fourth-order valence-electron chi connectivity index (χ4n) is 2.52. The van der Waals surface area contributed by atoms with E-state index in [1.165, 1.54) is 0 Å². The fourth-order valence-corrected chi connectivity index (χ4v) is 2.52. The lowest BCUT2D eigenvalue weighted by Crippen LogP contribution is -2.50. The molecule has 1 aliphatic heterocycles. The van der Waals surface area contributed by atoms with Crippen LogP contribution in [0.15, 0.2) is 24.3 Å². The number of ether oxygens (including phenoxy) is 1. The molecule has 1 unspecified atom stereocenters. The number of nitrogens with one attached hydrogen (secondary N) is 1. The summed E-state index contributed by atoms with van der Waals surface area (Å²) in [5.74, 6) is 0. The van der Waals surface area contributed by atoms with Gasteiger partial charge in [-0.25, -0.2) is 0 Å². The van der Waals surface area contributed by atoms with E-state index in [0.29, 0.717) is 25.2 Å². The Morgan fingerprint density at radius 3 is 2.90 bits per heavy atom. The third-order valence-corrected chi connectivity index (χ3v) is 3.56. The molecule has 5 heteroatoms. The summed E-state index contributed by atoms with van der Waals surface area (Å²) in [6.45, 7) is 6.88. The molecule has 5 nitrogen and oxygen atoms in total. The highest BCUT2D eigenvalue weighted by Crippen LogP contribution is 2.09. The lowest BCUT2D eigenvalue weighted by molar-refractivity contribution is -0.0219. The van der Waals surface area contributed by atoms with E-state index in [-0.39, 0.29) is 0 Å². The molecule has 0 aliphatic carbocycles. The summed E-state index contributed by atoms with van der Waals surface area (Å²) in [6, 6.07) is 9.64. The first-order valence-electron chi connectivity index (χ1n) is 7.31. The number of rotatable bonds is 6. The highest BCUT2D eigenvalue weighted by atomic mass is 16.5. The van der Waals surface area contributed by atoms with Gasteiger partial charge in [-0.05, 0) is 24.6 Å². The van der Waals surface area contributed by atoms with Crippen LogP contribution in [0.1, 0.15) is 18.1 Å². The van der Waals surface area contributed by atoms with Gasteiger partial charge in [-0.2, -0.15) is 5.26 Å². The molecule has 0 bridgehead atoms. The highest BCUT2D eigenvalue weighted by molar-refractivity contribution is 5.32. The van der Waals surface area contributed by atoms with Gasteiger partial charge in [0.2, 0.25) is 0 Å². The average molecular weight is 289 g/mol. The van der Waals surface area contributed by atoms with E-state index in [2.05, 4.69) is 16.3 Å². The molecule has 114 valence electrons. The van der Waals surface area contributed by atoms with Gasteiger partial charge < -0.3 is 15.2 Å². The maximum atomic E-state index is 10.4. The van der Waals surface area contributed by atoms with Crippen LogP contribution in [0.2, 0.25) is 0 Å². The molecule has 1 atom stereocenters. The topological polar surface area (TPSA) is 68.5 Å². The first-order chi connectivity index (χ1) is 10.1. The molecule has 2 rings (SSSR count). The maximum absolute atomic E-state index is 10.4. The summed E-state index contributed by atoms with van der Waals surface area (Å²) in [5.41, 5.74) is 0.940. The van der Waals surface area contributed by atoms with Crippen LogP contribution in [0.5, 0.6) is 0 Å². The van der Waals surface area contributed by atoms with Crippen molar-refractivity contribution in [3.63, 3.8) is 0 Å². The van der Waals surface area contributed by atoms with Gasteiger partial charge in [-0.15, -0.1) is 0 Å². The van der Waals surface area contributed by atoms with Crippen molar-refractivity contribution >= 4 is 0 Å². The zero-order valence-corrected chi connectivity index (χ0v) is 12.5. The Morgan fingerprint density at radius 2 is 2.19 bits per heavy atom. The van der Waals surface area contributed by atoms with E-state index in [1.807, 2.05) is 25.1 Å².